The Hall–Kier alpha value is -1.59. The van der Waals surface area contributed by atoms with Gasteiger partial charge in [0.25, 0.3) is 0 Å². The summed E-state index contributed by atoms with van der Waals surface area (Å²) < 4.78 is 1.98. The Morgan fingerprint density at radius 1 is 1.16 bits per heavy atom. The van der Waals surface area contributed by atoms with E-state index in [9.17, 15) is 4.79 Å². The lowest BCUT2D eigenvalue weighted by Gasteiger charge is -2.35. The van der Waals surface area contributed by atoms with Gasteiger partial charge >= 0.3 is 6.03 Å². The zero-order chi connectivity index (χ0) is 18.0. The van der Waals surface area contributed by atoms with E-state index < -0.39 is 0 Å². The molecule has 6 nitrogen and oxygen atoms in total. The van der Waals surface area contributed by atoms with Crippen molar-refractivity contribution in [3.8, 4) is 0 Å². The van der Waals surface area contributed by atoms with Crippen molar-refractivity contribution in [2.45, 2.75) is 90.3 Å². The second-order valence-electron chi connectivity index (χ2n) is 8.10. The van der Waals surface area contributed by atoms with E-state index in [2.05, 4.69) is 31.2 Å². The van der Waals surface area contributed by atoms with Crippen molar-refractivity contribution in [3.63, 3.8) is 0 Å². The van der Waals surface area contributed by atoms with Crippen molar-refractivity contribution >= 4 is 6.03 Å². The molecular weight excluding hydrogens is 314 g/mol. The molecule has 1 aromatic heterocycles. The van der Waals surface area contributed by atoms with Crippen LogP contribution in [0.25, 0.3) is 0 Å². The molecule has 0 spiro atoms. The maximum absolute atomic E-state index is 12.8. The summed E-state index contributed by atoms with van der Waals surface area (Å²) >= 11 is 0. The number of amides is 2. The van der Waals surface area contributed by atoms with Crippen molar-refractivity contribution in [2.24, 2.45) is 5.92 Å². The van der Waals surface area contributed by atoms with Gasteiger partial charge in [-0.05, 0) is 38.5 Å². The van der Waals surface area contributed by atoms with Crippen molar-refractivity contribution in [1.82, 2.24) is 25.0 Å². The third-order valence-electron chi connectivity index (χ3n) is 5.97. The Morgan fingerprint density at radius 2 is 1.88 bits per heavy atom. The first-order valence-electron chi connectivity index (χ1n) is 9.95. The summed E-state index contributed by atoms with van der Waals surface area (Å²) in [4.78, 5) is 19.4. The van der Waals surface area contributed by atoms with Crippen molar-refractivity contribution in [3.05, 3.63) is 11.6 Å². The van der Waals surface area contributed by atoms with Gasteiger partial charge in [-0.2, -0.15) is 5.10 Å². The smallest absolute Gasteiger partial charge is 0.317 e. The van der Waals surface area contributed by atoms with Gasteiger partial charge in [-0.15, -0.1) is 0 Å². The van der Waals surface area contributed by atoms with Crippen LogP contribution >= 0.6 is 0 Å². The summed E-state index contributed by atoms with van der Waals surface area (Å²) in [6.07, 6.45) is 8.40. The quantitative estimate of drug-likeness (QED) is 0.900. The first-order valence-corrected chi connectivity index (χ1v) is 9.95. The fourth-order valence-electron chi connectivity index (χ4n) is 4.12. The number of hydrogen-bond acceptors (Lipinski definition) is 3. The van der Waals surface area contributed by atoms with Crippen LogP contribution in [0.2, 0.25) is 0 Å². The average molecular weight is 348 g/mol. The molecule has 6 heteroatoms. The minimum atomic E-state index is -0.0257. The summed E-state index contributed by atoms with van der Waals surface area (Å²) in [6.45, 7) is 7.30. The molecule has 0 unspecified atom stereocenters. The topological polar surface area (TPSA) is 63.1 Å². The van der Waals surface area contributed by atoms with Crippen LogP contribution in [-0.4, -0.2) is 38.8 Å². The van der Waals surface area contributed by atoms with Gasteiger partial charge in [0.2, 0.25) is 0 Å². The van der Waals surface area contributed by atoms with Gasteiger partial charge in [0.05, 0.1) is 6.04 Å². The predicted molar refractivity (Wildman–Crippen MR) is 98.4 cm³/mol. The Labute approximate surface area is 151 Å². The zero-order valence-electron chi connectivity index (χ0n) is 16.2. The minimum absolute atomic E-state index is 0.0191. The number of rotatable bonds is 4. The lowest BCUT2D eigenvalue weighted by molar-refractivity contribution is 0.151. The van der Waals surface area contributed by atoms with Crippen molar-refractivity contribution < 1.29 is 4.79 Å². The number of carbonyl (C=O) groups excluding carboxylic acids is 1. The Balaban J connectivity index is 1.65. The van der Waals surface area contributed by atoms with Gasteiger partial charge in [-0.3, -0.25) is 0 Å². The molecule has 2 atom stereocenters. The van der Waals surface area contributed by atoms with Gasteiger partial charge in [0.15, 0.2) is 5.82 Å². The van der Waals surface area contributed by atoms with E-state index in [0.29, 0.717) is 11.8 Å². The van der Waals surface area contributed by atoms with Crippen LogP contribution < -0.4 is 5.32 Å². The Kier molecular flexibility index (Phi) is 5.64. The summed E-state index contributed by atoms with van der Waals surface area (Å²) in [5.74, 6) is 2.73. The zero-order valence-corrected chi connectivity index (χ0v) is 16.2. The SMILES string of the molecule is CC(C)c1nc2n(n1)CCC[C@@H]2NC(=O)N(C)[C@@H](C)C1CCCCC1. The molecule has 0 aromatic carbocycles. The first kappa shape index (κ1) is 18.2. The molecule has 0 saturated heterocycles. The van der Waals surface area contributed by atoms with Gasteiger partial charge in [0, 0.05) is 25.6 Å². The Morgan fingerprint density at radius 3 is 2.56 bits per heavy atom. The molecule has 0 radical (unpaired) electrons. The largest absolute Gasteiger partial charge is 0.328 e. The monoisotopic (exact) mass is 347 g/mol. The summed E-state index contributed by atoms with van der Waals surface area (Å²) in [5, 5.41) is 7.81. The molecule has 1 aliphatic heterocycles. The fourth-order valence-corrected chi connectivity index (χ4v) is 4.12. The third kappa shape index (κ3) is 3.98. The van der Waals surface area contributed by atoms with E-state index in [1.165, 1.54) is 32.1 Å². The maximum Gasteiger partial charge on any atom is 0.317 e. The lowest BCUT2D eigenvalue weighted by Crippen LogP contribution is -2.47. The fraction of sp³-hybridized carbons (Fsp3) is 0.842. The molecule has 0 bridgehead atoms. The van der Waals surface area contributed by atoms with Gasteiger partial charge in [-0.1, -0.05) is 33.1 Å². The normalized spacial score (nSPS) is 22.5. The van der Waals surface area contributed by atoms with Gasteiger partial charge in [-0.25, -0.2) is 14.5 Å². The van der Waals surface area contributed by atoms with Crippen LogP contribution in [0.15, 0.2) is 0 Å². The number of hydrogen-bond donors (Lipinski definition) is 1. The Bertz CT molecular complexity index is 591. The predicted octanol–water partition coefficient (Wildman–Crippen LogP) is 3.85. The van der Waals surface area contributed by atoms with Crippen molar-refractivity contribution in [2.75, 3.05) is 7.05 Å². The molecular formula is C19H33N5O. The van der Waals surface area contributed by atoms with Crippen LogP contribution in [0, 0.1) is 5.92 Å². The average Bonchev–Trinajstić information content (AvgIpc) is 3.07. The lowest BCUT2D eigenvalue weighted by atomic mass is 9.84. The first-order chi connectivity index (χ1) is 12.0. The molecule has 1 fully saturated rings. The highest BCUT2D eigenvalue weighted by Gasteiger charge is 2.30. The molecule has 1 aliphatic carbocycles. The van der Waals surface area contributed by atoms with Gasteiger partial charge in [0.1, 0.15) is 5.82 Å². The van der Waals surface area contributed by atoms with Crippen LogP contribution in [0.5, 0.6) is 0 Å². The molecule has 25 heavy (non-hydrogen) atoms. The van der Waals surface area contributed by atoms with E-state index in [-0.39, 0.29) is 18.1 Å². The summed E-state index contributed by atoms with van der Waals surface area (Å²) in [6, 6.07) is 0.279. The van der Waals surface area contributed by atoms with Crippen molar-refractivity contribution in [1.29, 1.82) is 0 Å². The summed E-state index contributed by atoms with van der Waals surface area (Å²) in [7, 11) is 1.93. The minimum Gasteiger partial charge on any atom is -0.328 e. The third-order valence-corrected chi connectivity index (χ3v) is 5.97. The van der Waals surface area contributed by atoms with Crippen LogP contribution in [0.1, 0.15) is 89.3 Å². The number of fused-ring (bicyclic) bond motifs is 1. The molecule has 2 amide bonds. The highest BCUT2D eigenvalue weighted by atomic mass is 16.2. The van der Waals surface area contributed by atoms with Crippen LogP contribution in [0.4, 0.5) is 4.79 Å². The molecule has 2 aliphatic rings. The van der Waals surface area contributed by atoms with E-state index >= 15 is 0 Å². The highest BCUT2D eigenvalue weighted by molar-refractivity contribution is 5.74. The van der Waals surface area contributed by atoms with E-state index in [1.807, 2.05) is 16.6 Å². The molecule has 1 saturated carbocycles. The number of carbonyl (C=O) groups is 1. The summed E-state index contributed by atoms with van der Waals surface area (Å²) in [5.41, 5.74) is 0. The molecule has 2 heterocycles. The van der Waals surface area contributed by atoms with E-state index in [4.69, 9.17) is 4.98 Å². The van der Waals surface area contributed by atoms with E-state index in [0.717, 1.165) is 31.0 Å². The number of aryl methyl sites for hydroxylation is 1. The number of urea groups is 1. The maximum atomic E-state index is 12.8. The molecule has 1 N–H and O–H groups in total. The molecule has 1 aromatic rings. The second-order valence-corrected chi connectivity index (χ2v) is 8.10. The standard InChI is InChI=1S/C19H33N5O/c1-13(2)17-21-18-16(11-8-12-24(18)22-17)20-19(25)23(4)14(3)15-9-6-5-7-10-15/h13-16H,5-12H2,1-4H3,(H,20,25)/t14-,16-/m0/s1. The molecule has 140 valence electrons. The molecule has 3 rings (SSSR count). The second kappa shape index (κ2) is 7.75. The number of aromatic nitrogens is 3. The van der Waals surface area contributed by atoms with Crippen LogP contribution in [-0.2, 0) is 6.54 Å². The number of nitrogens with one attached hydrogen (secondary N) is 1. The number of nitrogens with zero attached hydrogens (tertiary/aromatic N) is 4. The van der Waals surface area contributed by atoms with E-state index in [1.54, 1.807) is 0 Å². The highest BCUT2D eigenvalue weighted by Crippen LogP contribution is 2.29. The van der Waals surface area contributed by atoms with Crippen LogP contribution in [0.3, 0.4) is 0 Å². The van der Waals surface area contributed by atoms with Gasteiger partial charge < -0.3 is 10.2 Å².